The lowest BCUT2D eigenvalue weighted by molar-refractivity contribution is -0.137. The molecule has 0 saturated carbocycles. The second-order valence-corrected chi connectivity index (χ2v) is 10.0. The fourth-order valence-electron chi connectivity index (χ4n) is 4.62. The van der Waals surface area contributed by atoms with Crippen LogP contribution in [0.3, 0.4) is 0 Å². The predicted molar refractivity (Wildman–Crippen MR) is 134 cm³/mol. The third-order valence-electron chi connectivity index (χ3n) is 6.57. The van der Waals surface area contributed by atoms with Crippen LogP contribution >= 0.6 is 15.9 Å². The van der Waals surface area contributed by atoms with Crippen LogP contribution in [-0.4, -0.2) is 19.7 Å². The average molecular weight is 543 g/mol. The van der Waals surface area contributed by atoms with E-state index < -0.39 is 11.7 Å². The molecule has 35 heavy (non-hydrogen) atoms. The van der Waals surface area contributed by atoms with Gasteiger partial charge in [0.1, 0.15) is 0 Å². The largest absolute Gasteiger partial charge is 0.416 e. The Bertz CT molecular complexity index is 1200. The fraction of sp³-hybridized carbons (Fsp3) is 0.321. The summed E-state index contributed by atoms with van der Waals surface area (Å²) in [5, 5.41) is 13.0. The van der Waals surface area contributed by atoms with Gasteiger partial charge in [-0.25, -0.2) is 0 Å². The zero-order valence-corrected chi connectivity index (χ0v) is 20.8. The SMILES string of the molecule is N#Cc1ccc(-c2cccc(C(F)(F)F)c2)cc1COCC1(Cc2ccc(Br)cc2)CCNCC1. The molecule has 1 fully saturated rings. The van der Waals surface area contributed by atoms with E-state index in [9.17, 15) is 18.4 Å². The molecule has 4 rings (SSSR count). The molecule has 3 aromatic carbocycles. The zero-order chi connectivity index (χ0) is 24.9. The number of hydrogen-bond acceptors (Lipinski definition) is 3. The molecule has 0 atom stereocenters. The Balaban J connectivity index is 1.51. The van der Waals surface area contributed by atoms with Gasteiger partial charge >= 0.3 is 6.18 Å². The van der Waals surface area contributed by atoms with Crippen molar-refractivity contribution in [1.29, 1.82) is 5.26 Å². The van der Waals surface area contributed by atoms with Gasteiger partial charge in [-0.2, -0.15) is 18.4 Å². The van der Waals surface area contributed by atoms with Gasteiger partial charge in [0.05, 0.1) is 30.4 Å². The molecule has 0 spiro atoms. The summed E-state index contributed by atoms with van der Waals surface area (Å²) in [4.78, 5) is 0. The lowest BCUT2D eigenvalue weighted by Gasteiger charge is -2.37. The number of alkyl halides is 3. The van der Waals surface area contributed by atoms with Crippen LogP contribution in [0.2, 0.25) is 0 Å². The van der Waals surface area contributed by atoms with Crippen molar-refractivity contribution in [1.82, 2.24) is 5.32 Å². The van der Waals surface area contributed by atoms with Crippen LogP contribution in [-0.2, 0) is 23.9 Å². The van der Waals surface area contributed by atoms with Gasteiger partial charge in [-0.15, -0.1) is 0 Å². The van der Waals surface area contributed by atoms with Crippen LogP contribution in [0.15, 0.2) is 71.2 Å². The third kappa shape index (κ3) is 6.52. The maximum Gasteiger partial charge on any atom is 0.416 e. The highest BCUT2D eigenvalue weighted by Crippen LogP contribution is 2.35. The van der Waals surface area contributed by atoms with Gasteiger partial charge in [0, 0.05) is 9.89 Å². The van der Waals surface area contributed by atoms with E-state index in [1.807, 2.05) is 12.1 Å². The number of benzene rings is 3. The average Bonchev–Trinajstić information content (AvgIpc) is 2.85. The minimum absolute atomic E-state index is 0.00939. The van der Waals surface area contributed by atoms with Crippen molar-refractivity contribution in [3.8, 4) is 17.2 Å². The molecule has 7 heteroatoms. The number of ether oxygens (including phenoxy) is 1. The normalized spacial score (nSPS) is 15.5. The summed E-state index contributed by atoms with van der Waals surface area (Å²) in [5.41, 5.74) is 2.77. The highest BCUT2D eigenvalue weighted by Gasteiger charge is 2.33. The first-order valence-electron chi connectivity index (χ1n) is 11.5. The molecule has 0 aliphatic carbocycles. The smallest absolute Gasteiger partial charge is 0.376 e. The molecule has 182 valence electrons. The number of hydrogen-bond donors (Lipinski definition) is 1. The Kier molecular flexibility index (Phi) is 7.95. The standard InChI is InChI=1S/C28H26BrF3N2O/c29-26-8-4-20(5-9-26)16-27(10-12-34-13-11-27)19-35-18-24-14-22(6-7-23(24)17-33)21-2-1-3-25(15-21)28(30,31)32/h1-9,14-15,34H,10-13,16,18-19H2. The van der Waals surface area contributed by atoms with Crippen molar-refractivity contribution in [2.75, 3.05) is 19.7 Å². The Labute approximate surface area is 212 Å². The molecule has 3 nitrogen and oxygen atoms in total. The van der Waals surface area contributed by atoms with Crippen LogP contribution in [0, 0.1) is 16.7 Å². The first-order chi connectivity index (χ1) is 16.8. The van der Waals surface area contributed by atoms with Crippen molar-refractivity contribution in [2.24, 2.45) is 5.41 Å². The summed E-state index contributed by atoms with van der Waals surface area (Å²) in [5.74, 6) is 0. The van der Waals surface area contributed by atoms with E-state index in [1.54, 1.807) is 24.3 Å². The fourth-order valence-corrected chi connectivity index (χ4v) is 4.88. The van der Waals surface area contributed by atoms with Crippen molar-refractivity contribution in [3.05, 3.63) is 93.5 Å². The van der Waals surface area contributed by atoms with Gasteiger partial charge in [0.15, 0.2) is 0 Å². The molecule has 0 bridgehead atoms. The minimum atomic E-state index is -4.41. The quantitative estimate of drug-likeness (QED) is 0.345. The predicted octanol–water partition coefficient (Wildman–Crippen LogP) is 7.14. The summed E-state index contributed by atoms with van der Waals surface area (Å²) in [6.07, 6.45) is -1.54. The van der Waals surface area contributed by atoms with Crippen molar-refractivity contribution in [3.63, 3.8) is 0 Å². The maximum absolute atomic E-state index is 13.2. The number of nitrogens with zero attached hydrogens (tertiary/aromatic N) is 1. The molecule has 0 radical (unpaired) electrons. The van der Waals surface area contributed by atoms with Crippen LogP contribution in [0.5, 0.6) is 0 Å². The molecule has 1 aliphatic rings. The van der Waals surface area contributed by atoms with Crippen molar-refractivity contribution >= 4 is 15.9 Å². The Morgan fingerprint density at radius 3 is 2.37 bits per heavy atom. The van der Waals surface area contributed by atoms with Gasteiger partial charge in [-0.05, 0) is 91.0 Å². The summed E-state index contributed by atoms with van der Waals surface area (Å²) in [6, 6.07) is 20.8. The van der Waals surface area contributed by atoms with E-state index in [0.717, 1.165) is 49.0 Å². The summed E-state index contributed by atoms with van der Waals surface area (Å²) < 4.78 is 46.7. The minimum Gasteiger partial charge on any atom is -0.376 e. The molecular weight excluding hydrogens is 517 g/mol. The molecule has 0 unspecified atom stereocenters. The molecule has 0 aromatic heterocycles. The summed E-state index contributed by atoms with van der Waals surface area (Å²) in [6.45, 7) is 2.62. The molecular formula is C28H26BrF3N2O. The van der Waals surface area contributed by atoms with Gasteiger partial charge in [0.25, 0.3) is 0 Å². The van der Waals surface area contributed by atoms with Crippen molar-refractivity contribution in [2.45, 2.75) is 32.0 Å². The molecule has 1 aliphatic heterocycles. The second kappa shape index (κ2) is 10.9. The Hall–Kier alpha value is -2.66. The van der Waals surface area contributed by atoms with Crippen LogP contribution in [0.1, 0.15) is 35.1 Å². The molecule has 1 saturated heterocycles. The van der Waals surface area contributed by atoms with E-state index in [4.69, 9.17) is 4.74 Å². The topological polar surface area (TPSA) is 45.0 Å². The highest BCUT2D eigenvalue weighted by atomic mass is 79.9. The van der Waals surface area contributed by atoms with Gasteiger partial charge in [-0.1, -0.05) is 46.3 Å². The zero-order valence-electron chi connectivity index (χ0n) is 19.2. The number of nitriles is 1. The lowest BCUT2D eigenvalue weighted by Crippen LogP contribution is -2.41. The van der Waals surface area contributed by atoms with Crippen LogP contribution in [0.4, 0.5) is 13.2 Å². The van der Waals surface area contributed by atoms with Crippen LogP contribution in [0.25, 0.3) is 11.1 Å². The number of halogens is 4. The second-order valence-electron chi connectivity index (χ2n) is 9.11. The van der Waals surface area contributed by atoms with E-state index in [-0.39, 0.29) is 12.0 Å². The number of nitrogens with one attached hydrogen (secondary N) is 1. The Morgan fingerprint density at radius 2 is 1.69 bits per heavy atom. The molecule has 1 N–H and O–H groups in total. The van der Waals surface area contributed by atoms with E-state index >= 15 is 0 Å². The molecule has 0 amide bonds. The summed E-state index contributed by atoms with van der Waals surface area (Å²) >= 11 is 3.48. The third-order valence-corrected chi connectivity index (χ3v) is 7.10. The number of piperidine rings is 1. The maximum atomic E-state index is 13.2. The van der Waals surface area contributed by atoms with E-state index in [1.165, 1.54) is 11.6 Å². The van der Waals surface area contributed by atoms with E-state index in [0.29, 0.717) is 28.9 Å². The van der Waals surface area contributed by atoms with Crippen LogP contribution < -0.4 is 5.32 Å². The number of rotatable bonds is 7. The van der Waals surface area contributed by atoms with Crippen molar-refractivity contribution < 1.29 is 17.9 Å². The van der Waals surface area contributed by atoms with E-state index in [2.05, 4.69) is 39.4 Å². The summed E-state index contributed by atoms with van der Waals surface area (Å²) in [7, 11) is 0. The Morgan fingerprint density at radius 1 is 0.971 bits per heavy atom. The molecule has 3 aromatic rings. The van der Waals surface area contributed by atoms with Gasteiger partial charge in [-0.3, -0.25) is 0 Å². The first-order valence-corrected chi connectivity index (χ1v) is 12.3. The monoisotopic (exact) mass is 542 g/mol. The highest BCUT2D eigenvalue weighted by molar-refractivity contribution is 9.10. The lowest BCUT2D eigenvalue weighted by atomic mass is 9.75. The first kappa shape index (κ1) is 25.4. The molecule has 1 heterocycles. The van der Waals surface area contributed by atoms with Gasteiger partial charge < -0.3 is 10.1 Å². The van der Waals surface area contributed by atoms with Gasteiger partial charge in [0.2, 0.25) is 0 Å².